The van der Waals surface area contributed by atoms with Gasteiger partial charge in [0.05, 0.1) is 30.6 Å². The summed E-state index contributed by atoms with van der Waals surface area (Å²) in [7, 11) is 2.74. The van der Waals surface area contributed by atoms with Crippen molar-refractivity contribution in [1.82, 2.24) is 4.98 Å². The first-order valence-corrected chi connectivity index (χ1v) is 21.0. The second-order valence-electron chi connectivity index (χ2n) is 15.7. The first kappa shape index (κ1) is 36.9. The first-order valence-electron chi connectivity index (χ1n) is 18.5. The van der Waals surface area contributed by atoms with Gasteiger partial charge in [0.15, 0.2) is 17.7 Å². The molecule has 7 bridgehead atoms. The van der Waals surface area contributed by atoms with Gasteiger partial charge in [-0.1, -0.05) is 64.1 Å². The number of hydrogen-bond donors (Lipinski definition) is 7. The number of benzene rings is 2. The Morgan fingerprint density at radius 3 is 2.62 bits per heavy atom. The van der Waals surface area contributed by atoms with Gasteiger partial charge < -0.3 is 45.4 Å². The molecule has 7 N–H and O–H groups in total. The number of hydrogen-bond acceptors (Lipinski definition) is 14. The largest absolute Gasteiger partial charge is 0.511 e. The van der Waals surface area contributed by atoms with Crippen LogP contribution in [0.1, 0.15) is 56.7 Å². The summed E-state index contributed by atoms with van der Waals surface area (Å²) in [5.41, 5.74) is -2.54. The van der Waals surface area contributed by atoms with Crippen molar-refractivity contribution in [2.24, 2.45) is 23.2 Å². The monoisotopic (exact) mass is 786 g/mol. The highest BCUT2D eigenvalue weighted by Crippen LogP contribution is 2.61. The van der Waals surface area contributed by atoms with Crippen LogP contribution in [-0.2, 0) is 24.2 Å². The van der Waals surface area contributed by atoms with E-state index in [9.17, 15) is 35.4 Å². The van der Waals surface area contributed by atoms with Crippen molar-refractivity contribution < 1.29 is 49.7 Å². The molecule has 9 rings (SSSR count). The van der Waals surface area contributed by atoms with E-state index in [1.54, 1.807) is 36.5 Å². The van der Waals surface area contributed by atoms with Gasteiger partial charge in [-0.15, -0.1) is 0 Å². The minimum Gasteiger partial charge on any atom is -0.511 e. The summed E-state index contributed by atoms with van der Waals surface area (Å²) in [6.45, 7) is -0.791. The maximum atomic E-state index is 15.2. The lowest BCUT2D eigenvalue weighted by Gasteiger charge is -2.68. The highest BCUT2D eigenvalue weighted by molar-refractivity contribution is 8.76. The van der Waals surface area contributed by atoms with Gasteiger partial charge in [-0.25, -0.2) is 4.98 Å². The van der Waals surface area contributed by atoms with Gasteiger partial charge in [0, 0.05) is 23.9 Å². The predicted octanol–water partition coefficient (Wildman–Crippen LogP) is 3.91. The van der Waals surface area contributed by atoms with Gasteiger partial charge in [0.25, 0.3) is 0 Å². The van der Waals surface area contributed by atoms with Gasteiger partial charge in [0.1, 0.15) is 40.0 Å². The van der Waals surface area contributed by atoms with Crippen molar-refractivity contribution in [2.45, 2.75) is 67.9 Å². The Balaban J connectivity index is 1.18. The van der Waals surface area contributed by atoms with Crippen LogP contribution in [0.25, 0.3) is 0 Å². The third-order valence-corrected chi connectivity index (χ3v) is 15.1. The Bertz CT molecular complexity index is 2150. The summed E-state index contributed by atoms with van der Waals surface area (Å²) in [5, 5.41) is 72.6. The van der Waals surface area contributed by atoms with E-state index in [4.69, 9.17) is 9.47 Å². The Morgan fingerprint density at radius 2 is 1.80 bits per heavy atom. The number of aliphatic hydroxyl groups is 6. The number of Topliss-reactive ketones (excluding diaryl/α,β-unsaturated/α-hetero) is 2. The molecule has 1 saturated carbocycles. The van der Waals surface area contributed by atoms with Crippen LogP contribution in [0, 0.1) is 23.2 Å². The van der Waals surface area contributed by atoms with E-state index < -0.39 is 70.5 Å². The number of carbonyl (C=O) groups excluding carboxylic acids is 2. The molecule has 14 heteroatoms. The Labute approximate surface area is 325 Å². The summed E-state index contributed by atoms with van der Waals surface area (Å²) in [6.07, 6.45) is 2.84. The second kappa shape index (κ2) is 13.4. The number of aromatic nitrogens is 1. The lowest BCUT2D eigenvalue weighted by molar-refractivity contribution is -0.447. The average molecular weight is 787 g/mol. The number of nitrogens with zero attached hydrogens (tertiary/aromatic N) is 1. The average Bonchev–Trinajstić information content (AvgIpc) is 3.19. The van der Waals surface area contributed by atoms with Crippen LogP contribution >= 0.6 is 21.6 Å². The molecule has 3 aliphatic carbocycles. The topological polar surface area (TPSA) is 199 Å². The lowest BCUT2D eigenvalue weighted by atomic mass is 9.52. The molecule has 0 amide bonds. The third kappa shape index (κ3) is 5.40. The second-order valence-corrected chi connectivity index (χ2v) is 18.2. The van der Waals surface area contributed by atoms with Gasteiger partial charge in [-0.05, 0) is 84.1 Å². The molecule has 4 heterocycles. The molecule has 0 unspecified atom stereocenters. The fourth-order valence-electron chi connectivity index (χ4n) is 10.1. The van der Waals surface area contributed by atoms with Crippen LogP contribution in [0.15, 0.2) is 84.3 Å². The van der Waals surface area contributed by atoms with Crippen molar-refractivity contribution in [3.63, 3.8) is 0 Å². The van der Waals surface area contributed by atoms with Crippen molar-refractivity contribution >= 4 is 39.0 Å². The van der Waals surface area contributed by atoms with E-state index in [1.165, 1.54) is 27.7 Å². The first-order chi connectivity index (χ1) is 26.5. The summed E-state index contributed by atoms with van der Waals surface area (Å²) < 4.78 is 13.2. The van der Waals surface area contributed by atoms with E-state index in [-0.39, 0.29) is 47.8 Å². The number of ether oxygens (including phenoxy) is 2. The van der Waals surface area contributed by atoms with E-state index in [0.29, 0.717) is 36.5 Å². The lowest BCUT2D eigenvalue weighted by Crippen LogP contribution is -2.85. The molecule has 2 saturated heterocycles. The summed E-state index contributed by atoms with van der Waals surface area (Å²) in [6, 6.07) is 15.7. The highest BCUT2D eigenvalue weighted by atomic mass is 33.1. The SMILES string of the molecule is O=C1c2cccc3c2C(=O)[C@]2(CSSCNc4cc(ccn4)C[C@H]4C[C@H]5CC[C@@]6(O3)O[C@]5(CO)[C@@H](O)[C@]4(O)[C@H]6O)C(O)=CC(Cc3cccc(CO)c3)=C[C@H]12. The quantitative estimate of drug-likeness (QED) is 0.188. The van der Waals surface area contributed by atoms with Crippen molar-refractivity contribution in [3.8, 4) is 5.75 Å². The van der Waals surface area contributed by atoms with Crippen LogP contribution in [0.3, 0.4) is 0 Å². The molecule has 55 heavy (non-hydrogen) atoms. The zero-order valence-corrected chi connectivity index (χ0v) is 31.4. The summed E-state index contributed by atoms with van der Waals surface area (Å²) in [4.78, 5) is 34.4. The molecular formula is C41H42N2O10S2. The highest BCUT2D eigenvalue weighted by Gasteiger charge is 2.77. The standard InChI is InChI=1S/C41H42N2O10S2/c44-18-24-4-1-3-22(11-24)12-25-14-29-34(47)28-5-2-6-30-33(28)35(48)38(29,31(46)15-25)20-54-55-21-43-32-16-23(8-10-42-32)13-27-17-26-7-9-40(52-30)37(50)41(27,51)36(49)39(26,19-45)53-40/h1-6,8,10-11,14-16,26-27,29,36-37,44-46,49-51H,7,9,12-13,17-21H2,(H,42,43)/t26-,27+,29-,36-,37+,38+,39+,40-,41+/m1/s1. The summed E-state index contributed by atoms with van der Waals surface area (Å²) >= 11 is 0. The van der Waals surface area contributed by atoms with Crippen LogP contribution in [-0.4, -0.2) is 94.6 Å². The molecule has 3 aliphatic heterocycles. The van der Waals surface area contributed by atoms with Crippen molar-refractivity contribution in [1.29, 1.82) is 0 Å². The molecule has 0 radical (unpaired) electrons. The maximum absolute atomic E-state index is 15.2. The van der Waals surface area contributed by atoms with Crippen LogP contribution in [0.5, 0.6) is 5.75 Å². The van der Waals surface area contributed by atoms with Gasteiger partial charge >= 0.3 is 0 Å². The number of aliphatic hydroxyl groups excluding tert-OH is 5. The van der Waals surface area contributed by atoms with Gasteiger partial charge in [0.2, 0.25) is 5.79 Å². The number of pyridine rings is 1. The predicted molar refractivity (Wildman–Crippen MR) is 204 cm³/mol. The molecule has 9 atom stereocenters. The van der Waals surface area contributed by atoms with Gasteiger partial charge in [-0.2, -0.15) is 0 Å². The molecular weight excluding hydrogens is 745 g/mol. The van der Waals surface area contributed by atoms with E-state index in [2.05, 4.69) is 10.3 Å². The number of fused-ring (bicyclic) bond motifs is 2. The number of rotatable bonds is 4. The Hall–Kier alpha value is -3.73. The maximum Gasteiger partial charge on any atom is 0.240 e. The molecule has 2 spiro atoms. The molecule has 3 fully saturated rings. The third-order valence-electron chi connectivity index (χ3n) is 12.9. The molecule has 288 valence electrons. The van der Waals surface area contributed by atoms with Crippen LogP contribution in [0.2, 0.25) is 0 Å². The number of anilines is 1. The fourth-order valence-corrected chi connectivity index (χ4v) is 12.3. The Morgan fingerprint density at radius 1 is 0.982 bits per heavy atom. The molecule has 12 nitrogen and oxygen atoms in total. The molecule has 6 aliphatic rings. The van der Waals surface area contributed by atoms with Gasteiger partial charge in [-0.3, -0.25) is 9.59 Å². The fraction of sp³-hybridized carbons (Fsp3) is 0.439. The smallest absolute Gasteiger partial charge is 0.240 e. The zero-order chi connectivity index (χ0) is 38.3. The number of ketones is 2. The number of allylic oxidation sites excluding steroid dienone is 4. The van der Waals surface area contributed by atoms with E-state index in [0.717, 1.165) is 16.7 Å². The van der Waals surface area contributed by atoms with Crippen molar-refractivity contribution in [2.75, 3.05) is 23.6 Å². The summed E-state index contributed by atoms with van der Waals surface area (Å²) in [5.74, 6) is -4.48. The minimum atomic E-state index is -2.20. The molecule has 3 aromatic rings. The van der Waals surface area contributed by atoms with Crippen LogP contribution < -0.4 is 10.1 Å². The van der Waals surface area contributed by atoms with Crippen molar-refractivity contribution in [3.05, 3.63) is 112 Å². The zero-order valence-electron chi connectivity index (χ0n) is 29.8. The number of carbonyl (C=O) groups is 2. The molecule has 1 aromatic heterocycles. The van der Waals surface area contributed by atoms with E-state index in [1.807, 2.05) is 30.3 Å². The number of nitrogens with one attached hydrogen (secondary N) is 1. The Kier molecular flexibility index (Phi) is 9.02. The van der Waals surface area contributed by atoms with Crippen LogP contribution in [0.4, 0.5) is 5.82 Å². The normalized spacial score (nSPS) is 36.4. The minimum absolute atomic E-state index is 0.0230. The molecule has 2 aromatic carbocycles. The van der Waals surface area contributed by atoms with E-state index >= 15 is 4.79 Å².